The summed E-state index contributed by atoms with van der Waals surface area (Å²) in [5.41, 5.74) is 2.03. The van der Waals surface area contributed by atoms with E-state index in [0.29, 0.717) is 23.4 Å². The van der Waals surface area contributed by atoms with E-state index < -0.39 is 5.82 Å². The van der Waals surface area contributed by atoms with Gasteiger partial charge in [0, 0.05) is 6.20 Å². The monoisotopic (exact) mass is 341 g/mol. The maximum atomic E-state index is 14.0. The van der Waals surface area contributed by atoms with E-state index in [1.54, 1.807) is 12.3 Å². The summed E-state index contributed by atoms with van der Waals surface area (Å²) in [7, 11) is 0. The molecule has 0 aliphatic carbocycles. The molecule has 0 bridgehead atoms. The molecule has 8 heteroatoms. The predicted molar refractivity (Wildman–Crippen MR) is 92.7 cm³/mol. The number of pyridine rings is 2. The van der Waals surface area contributed by atoms with Gasteiger partial charge in [0.1, 0.15) is 17.0 Å². The highest BCUT2D eigenvalue weighted by molar-refractivity contribution is 5.83. The lowest BCUT2D eigenvalue weighted by atomic mass is 10.2. The molecule has 0 aromatic carbocycles. The Morgan fingerprint density at radius 2 is 2.24 bits per heavy atom. The van der Waals surface area contributed by atoms with E-state index in [-0.39, 0.29) is 23.3 Å². The first-order valence-corrected chi connectivity index (χ1v) is 7.57. The molecule has 0 radical (unpaired) electrons. The van der Waals surface area contributed by atoms with Crippen LogP contribution >= 0.6 is 0 Å². The number of nitrogens with zero attached hydrogens (tertiary/aromatic N) is 3. The van der Waals surface area contributed by atoms with E-state index in [1.165, 1.54) is 10.6 Å². The van der Waals surface area contributed by atoms with Gasteiger partial charge in [-0.1, -0.05) is 5.57 Å². The largest absolute Gasteiger partial charge is 0.339 e. The number of H-pyrrole nitrogens is 1. The fourth-order valence-corrected chi connectivity index (χ4v) is 2.49. The van der Waals surface area contributed by atoms with Crippen LogP contribution in [0.25, 0.3) is 17.1 Å². The number of imidazole rings is 1. The number of rotatable bonds is 5. The highest BCUT2D eigenvalue weighted by Gasteiger charge is 2.13. The number of anilines is 1. The summed E-state index contributed by atoms with van der Waals surface area (Å²) in [6.45, 7) is 3.94. The first-order chi connectivity index (χ1) is 12.0. The third-order valence-electron chi connectivity index (χ3n) is 3.53. The molecular formula is C17H16FN5O2. The van der Waals surface area contributed by atoms with Crippen LogP contribution in [0.15, 0.2) is 34.9 Å². The van der Waals surface area contributed by atoms with Crippen molar-refractivity contribution in [1.29, 1.82) is 0 Å². The fraction of sp³-hybridized carbons (Fsp3) is 0.176. The molecule has 0 saturated heterocycles. The van der Waals surface area contributed by atoms with E-state index in [0.717, 1.165) is 11.8 Å². The molecule has 3 heterocycles. The van der Waals surface area contributed by atoms with Gasteiger partial charge in [0.05, 0.1) is 24.0 Å². The number of aromatic amines is 1. The van der Waals surface area contributed by atoms with Crippen LogP contribution in [0.1, 0.15) is 25.4 Å². The minimum atomic E-state index is -0.535. The molecule has 0 aliphatic heterocycles. The second-order valence-electron chi connectivity index (χ2n) is 5.74. The third kappa shape index (κ3) is 3.32. The number of carbonyl (C=O) groups is 1. The molecule has 0 spiro atoms. The Morgan fingerprint density at radius 1 is 1.44 bits per heavy atom. The molecule has 0 fully saturated rings. The van der Waals surface area contributed by atoms with Crippen molar-refractivity contribution in [1.82, 2.24) is 19.5 Å². The van der Waals surface area contributed by atoms with Crippen LogP contribution in [-0.2, 0) is 11.3 Å². The topological polar surface area (TPSA) is 92.7 Å². The van der Waals surface area contributed by atoms with Crippen molar-refractivity contribution in [2.75, 3.05) is 5.32 Å². The molecule has 3 aromatic rings. The smallest absolute Gasteiger partial charge is 0.274 e. The van der Waals surface area contributed by atoms with Crippen LogP contribution in [0, 0.1) is 5.82 Å². The standard InChI is InChI=1S/C17H16FN5O2/c1-10(2)6-13-16-15(11(18)7-19-13)21-14(22-16)8-23-5-3-4-12(17(23)25)20-9-24/h3-7,9H,8H2,1-2H3,(H,20,24)(H,21,22). The Morgan fingerprint density at radius 3 is 2.96 bits per heavy atom. The molecule has 25 heavy (non-hydrogen) atoms. The first-order valence-electron chi connectivity index (χ1n) is 7.57. The number of hydrogen-bond acceptors (Lipinski definition) is 4. The number of nitrogens with one attached hydrogen (secondary N) is 2. The number of allylic oxidation sites excluding steroid dienone is 1. The second kappa shape index (κ2) is 6.68. The van der Waals surface area contributed by atoms with Gasteiger partial charge >= 0.3 is 0 Å². The highest BCUT2D eigenvalue weighted by Crippen LogP contribution is 2.20. The number of fused-ring (bicyclic) bond motifs is 1. The zero-order valence-electron chi connectivity index (χ0n) is 13.7. The average Bonchev–Trinajstić information content (AvgIpc) is 2.99. The SMILES string of the molecule is CC(C)=Cc1ncc(F)c2nc(Cn3cccc(NC=O)c3=O)[nH]c12. The molecule has 0 atom stereocenters. The van der Waals surface area contributed by atoms with Gasteiger partial charge in [-0.15, -0.1) is 0 Å². The van der Waals surface area contributed by atoms with Gasteiger partial charge in [-0.25, -0.2) is 9.37 Å². The molecule has 1 amide bonds. The summed E-state index contributed by atoms with van der Waals surface area (Å²) in [5.74, 6) is -0.122. The summed E-state index contributed by atoms with van der Waals surface area (Å²) >= 11 is 0. The molecule has 0 unspecified atom stereocenters. The summed E-state index contributed by atoms with van der Waals surface area (Å²) in [4.78, 5) is 34.2. The minimum absolute atomic E-state index is 0.107. The van der Waals surface area contributed by atoms with Crippen molar-refractivity contribution in [2.45, 2.75) is 20.4 Å². The Balaban J connectivity index is 2.05. The van der Waals surface area contributed by atoms with E-state index in [2.05, 4.69) is 20.3 Å². The third-order valence-corrected chi connectivity index (χ3v) is 3.53. The van der Waals surface area contributed by atoms with E-state index >= 15 is 0 Å². The van der Waals surface area contributed by atoms with Crippen LogP contribution in [-0.4, -0.2) is 25.9 Å². The summed E-state index contributed by atoms with van der Waals surface area (Å²) in [6, 6.07) is 3.13. The molecule has 128 valence electrons. The zero-order chi connectivity index (χ0) is 18.0. The van der Waals surface area contributed by atoms with Crippen LogP contribution < -0.4 is 10.9 Å². The highest BCUT2D eigenvalue weighted by atomic mass is 19.1. The van der Waals surface area contributed by atoms with Crippen molar-refractivity contribution in [3.8, 4) is 0 Å². The molecule has 3 aromatic heterocycles. The van der Waals surface area contributed by atoms with Crippen molar-refractivity contribution in [3.63, 3.8) is 0 Å². The van der Waals surface area contributed by atoms with Crippen molar-refractivity contribution in [3.05, 3.63) is 57.8 Å². The Kier molecular flexibility index (Phi) is 4.42. The molecule has 2 N–H and O–H groups in total. The summed E-state index contributed by atoms with van der Waals surface area (Å²) < 4.78 is 15.4. The van der Waals surface area contributed by atoms with Gasteiger partial charge < -0.3 is 14.9 Å². The average molecular weight is 341 g/mol. The zero-order valence-corrected chi connectivity index (χ0v) is 13.7. The maximum absolute atomic E-state index is 14.0. The predicted octanol–water partition coefficient (Wildman–Crippen LogP) is 2.30. The second-order valence-corrected chi connectivity index (χ2v) is 5.74. The van der Waals surface area contributed by atoms with E-state index in [4.69, 9.17) is 0 Å². The van der Waals surface area contributed by atoms with E-state index in [1.807, 2.05) is 19.9 Å². The number of aromatic nitrogens is 4. The summed E-state index contributed by atoms with van der Waals surface area (Å²) in [6.07, 6.45) is 4.96. The van der Waals surface area contributed by atoms with Gasteiger partial charge in [-0.3, -0.25) is 14.6 Å². The van der Waals surface area contributed by atoms with Gasteiger partial charge in [-0.05, 0) is 32.1 Å². The van der Waals surface area contributed by atoms with E-state index in [9.17, 15) is 14.0 Å². The first kappa shape index (κ1) is 16.6. The van der Waals surface area contributed by atoms with Crippen LogP contribution in [0.5, 0.6) is 0 Å². The molecule has 0 aliphatic rings. The lowest BCUT2D eigenvalue weighted by Crippen LogP contribution is -2.23. The van der Waals surface area contributed by atoms with Crippen LogP contribution in [0.4, 0.5) is 10.1 Å². The molecule has 0 saturated carbocycles. The Labute approximate surface area is 142 Å². The van der Waals surface area contributed by atoms with Crippen molar-refractivity contribution in [2.24, 2.45) is 0 Å². The normalized spacial score (nSPS) is 10.7. The van der Waals surface area contributed by atoms with Gasteiger partial charge in [0.15, 0.2) is 5.82 Å². The van der Waals surface area contributed by atoms with Crippen LogP contribution in [0.3, 0.4) is 0 Å². The Hall–Kier alpha value is -3.29. The maximum Gasteiger partial charge on any atom is 0.274 e. The number of amides is 1. The number of halogens is 1. The molecule has 7 nitrogen and oxygen atoms in total. The van der Waals surface area contributed by atoms with Crippen molar-refractivity contribution < 1.29 is 9.18 Å². The van der Waals surface area contributed by atoms with Crippen LogP contribution in [0.2, 0.25) is 0 Å². The number of carbonyl (C=O) groups excluding carboxylic acids is 1. The van der Waals surface area contributed by atoms with Gasteiger partial charge in [0.25, 0.3) is 5.56 Å². The lowest BCUT2D eigenvalue weighted by Gasteiger charge is -2.05. The molecule has 3 rings (SSSR count). The minimum Gasteiger partial charge on any atom is -0.339 e. The Bertz CT molecular complexity index is 1030. The van der Waals surface area contributed by atoms with Gasteiger partial charge in [-0.2, -0.15) is 0 Å². The summed E-state index contributed by atoms with van der Waals surface area (Å²) in [5, 5.41) is 2.35. The van der Waals surface area contributed by atoms with Crippen molar-refractivity contribution >= 4 is 29.2 Å². The fourth-order valence-electron chi connectivity index (χ4n) is 2.49. The quantitative estimate of drug-likeness (QED) is 0.697. The lowest BCUT2D eigenvalue weighted by molar-refractivity contribution is -0.105. The number of hydrogen-bond donors (Lipinski definition) is 2. The van der Waals surface area contributed by atoms with Gasteiger partial charge in [0.2, 0.25) is 6.41 Å². The molecular weight excluding hydrogens is 325 g/mol.